The van der Waals surface area contributed by atoms with E-state index in [1.807, 2.05) is 38.1 Å². The molecule has 3 heterocycles. The van der Waals surface area contributed by atoms with Crippen LogP contribution < -0.4 is 0 Å². The molecule has 3 aliphatic rings. The molecule has 5 nitrogen and oxygen atoms in total. The van der Waals surface area contributed by atoms with E-state index >= 15 is 0 Å². The first-order valence-electron chi connectivity index (χ1n) is 10.3. The van der Waals surface area contributed by atoms with E-state index in [0.29, 0.717) is 17.8 Å². The van der Waals surface area contributed by atoms with Gasteiger partial charge >= 0.3 is 6.09 Å². The molecule has 1 amide bonds. The number of carbonyl (C=O) groups is 1. The fourth-order valence-corrected chi connectivity index (χ4v) is 5.64. The minimum Gasteiger partial charge on any atom is -0.444 e. The Morgan fingerprint density at radius 2 is 2.15 bits per heavy atom. The molecule has 5 heteroatoms. The number of hydrogen-bond acceptors (Lipinski definition) is 3. The van der Waals surface area contributed by atoms with Gasteiger partial charge < -0.3 is 14.0 Å². The van der Waals surface area contributed by atoms with Crippen molar-refractivity contribution in [1.82, 2.24) is 14.3 Å². The number of aromatic nitrogens is 2. The number of pyridine rings is 1. The maximum Gasteiger partial charge on any atom is 0.410 e. The lowest BCUT2D eigenvalue weighted by molar-refractivity contribution is 0.0193. The molecule has 0 aromatic carbocycles. The molecule has 5 rings (SSSR count). The SMILES string of the molecule is CC(C)(C)OC(=O)N1CC2CC[C@](c3ccn4ccnc4c3)(C2)C2CC2C1. The summed E-state index contributed by atoms with van der Waals surface area (Å²) in [6.07, 6.45) is 10.7. The summed E-state index contributed by atoms with van der Waals surface area (Å²) in [6.45, 7) is 7.53. The van der Waals surface area contributed by atoms with Crippen molar-refractivity contribution in [2.24, 2.45) is 17.8 Å². The summed E-state index contributed by atoms with van der Waals surface area (Å²) in [5.74, 6) is 1.85. The van der Waals surface area contributed by atoms with Crippen molar-refractivity contribution in [1.29, 1.82) is 0 Å². The van der Waals surface area contributed by atoms with Gasteiger partial charge in [-0.1, -0.05) is 0 Å². The van der Waals surface area contributed by atoms with Crippen LogP contribution in [0.4, 0.5) is 4.79 Å². The van der Waals surface area contributed by atoms with E-state index in [1.54, 1.807) is 0 Å². The van der Waals surface area contributed by atoms with Gasteiger partial charge in [0.25, 0.3) is 0 Å². The van der Waals surface area contributed by atoms with E-state index in [1.165, 1.54) is 31.2 Å². The van der Waals surface area contributed by atoms with Crippen LogP contribution in [0.15, 0.2) is 30.7 Å². The van der Waals surface area contributed by atoms with Gasteiger partial charge in [-0.25, -0.2) is 9.78 Å². The van der Waals surface area contributed by atoms with Gasteiger partial charge in [0.2, 0.25) is 0 Å². The summed E-state index contributed by atoms with van der Waals surface area (Å²) in [5, 5.41) is 0. The Morgan fingerprint density at radius 1 is 1.30 bits per heavy atom. The number of nitrogens with zero attached hydrogens (tertiary/aromatic N) is 3. The van der Waals surface area contributed by atoms with E-state index in [2.05, 4.69) is 27.7 Å². The lowest BCUT2D eigenvalue weighted by Crippen LogP contribution is -2.42. The van der Waals surface area contributed by atoms with Gasteiger partial charge in [-0.3, -0.25) is 0 Å². The number of rotatable bonds is 1. The zero-order valence-corrected chi connectivity index (χ0v) is 16.5. The summed E-state index contributed by atoms with van der Waals surface area (Å²) in [4.78, 5) is 19.2. The van der Waals surface area contributed by atoms with Crippen LogP contribution in [0.5, 0.6) is 0 Å². The molecule has 4 atom stereocenters. The van der Waals surface area contributed by atoms with Gasteiger partial charge in [-0.2, -0.15) is 0 Å². The van der Waals surface area contributed by atoms with Crippen LogP contribution in [0.25, 0.3) is 5.65 Å². The molecule has 2 bridgehead atoms. The Hall–Kier alpha value is -2.04. The number of likely N-dealkylation sites (tertiary alicyclic amines) is 1. The maximum atomic E-state index is 12.7. The predicted octanol–water partition coefficient (Wildman–Crippen LogP) is 4.26. The fraction of sp³-hybridized carbons (Fsp3) is 0.636. The highest BCUT2D eigenvalue weighted by Crippen LogP contribution is 2.62. The average Bonchev–Trinajstić information content (AvgIpc) is 3.04. The second-order valence-corrected chi connectivity index (χ2v) is 9.86. The van der Waals surface area contributed by atoms with E-state index in [-0.39, 0.29) is 11.5 Å². The highest BCUT2D eigenvalue weighted by molar-refractivity contribution is 5.68. The van der Waals surface area contributed by atoms with Gasteiger partial charge in [0.1, 0.15) is 11.2 Å². The summed E-state index contributed by atoms with van der Waals surface area (Å²) >= 11 is 0. The first kappa shape index (κ1) is 17.1. The summed E-state index contributed by atoms with van der Waals surface area (Å²) < 4.78 is 7.76. The van der Waals surface area contributed by atoms with Gasteiger partial charge in [0, 0.05) is 31.7 Å². The Kier molecular flexibility index (Phi) is 3.62. The van der Waals surface area contributed by atoms with E-state index in [4.69, 9.17) is 4.74 Å². The van der Waals surface area contributed by atoms with Crippen molar-refractivity contribution in [3.05, 3.63) is 36.3 Å². The molecule has 0 spiro atoms. The molecule has 2 aromatic heterocycles. The third-order valence-electron chi connectivity index (χ3n) is 6.84. The molecule has 3 fully saturated rings. The molecule has 2 aliphatic carbocycles. The monoisotopic (exact) mass is 367 g/mol. The molecule has 0 radical (unpaired) electrons. The van der Waals surface area contributed by atoms with E-state index < -0.39 is 5.60 Å². The normalized spacial score (nSPS) is 32.7. The summed E-state index contributed by atoms with van der Waals surface area (Å²) in [6, 6.07) is 4.60. The van der Waals surface area contributed by atoms with E-state index in [0.717, 1.165) is 18.7 Å². The van der Waals surface area contributed by atoms with Crippen LogP contribution in [-0.2, 0) is 10.2 Å². The third-order valence-corrected chi connectivity index (χ3v) is 6.84. The van der Waals surface area contributed by atoms with Crippen molar-refractivity contribution in [3.8, 4) is 0 Å². The minimum atomic E-state index is -0.429. The molecule has 1 saturated heterocycles. The predicted molar refractivity (Wildman–Crippen MR) is 104 cm³/mol. The summed E-state index contributed by atoms with van der Waals surface area (Å²) in [7, 11) is 0. The van der Waals surface area contributed by atoms with Gasteiger partial charge in [-0.15, -0.1) is 0 Å². The Bertz CT molecular complexity index is 883. The van der Waals surface area contributed by atoms with Crippen molar-refractivity contribution in [3.63, 3.8) is 0 Å². The molecular formula is C22H29N3O2. The summed E-state index contributed by atoms with van der Waals surface area (Å²) in [5.41, 5.74) is 2.35. The Morgan fingerprint density at radius 3 is 2.96 bits per heavy atom. The molecular weight excluding hydrogens is 338 g/mol. The number of fused-ring (bicyclic) bond motifs is 5. The lowest BCUT2D eigenvalue weighted by atomic mass is 9.73. The second-order valence-electron chi connectivity index (χ2n) is 9.86. The van der Waals surface area contributed by atoms with Crippen molar-refractivity contribution < 1.29 is 9.53 Å². The Labute approximate surface area is 160 Å². The molecule has 1 aliphatic heterocycles. The smallest absolute Gasteiger partial charge is 0.410 e. The molecule has 144 valence electrons. The van der Waals surface area contributed by atoms with Crippen molar-refractivity contribution in [2.45, 2.75) is 57.5 Å². The first-order valence-corrected chi connectivity index (χ1v) is 10.3. The largest absolute Gasteiger partial charge is 0.444 e. The molecule has 0 N–H and O–H groups in total. The highest BCUT2D eigenvalue weighted by Gasteiger charge is 2.58. The van der Waals surface area contributed by atoms with Crippen LogP contribution in [0.3, 0.4) is 0 Å². The van der Waals surface area contributed by atoms with Gasteiger partial charge in [-0.05, 0) is 87.3 Å². The van der Waals surface area contributed by atoms with Gasteiger partial charge in [0.15, 0.2) is 0 Å². The topological polar surface area (TPSA) is 46.8 Å². The highest BCUT2D eigenvalue weighted by atomic mass is 16.6. The number of hydrogen-bond donors (Lipinski definition) is 0. The van der Waals surface area contributed by atoms with Crippen molar-refractivity contribution in [2.75, 3.05) is 13.1 Å². The van der Waals surface area contributed by atoms with Crippen LogP contribution in [-0.4, -0.2) is 39.1 Å². The van der Waals surface area contributed by atoms with E-state index in [9.17, 15) is 4.79 Å². The van der Waals surface area contributed by atoms with Gasteiger partial charge in [0.05, 0.1) is 0 Å². The quantitative estimate of drug-likeness (QED) is 0.757. The number of amides is 1. The van der Waals surface area contributed by atoms with Crippen LogP contribution >= 0.6 is 0 Å². The Balaban J connectivity index is 1.41. The average molecular weight is 367 g/mol. The third kappa shape index (κ3) is 2.91. The van der Waals surface area contributed by atoms with Crippen molar-refractivity contribution >= 4 is 11.7 Å². The standard InChI is InChI=1S/C22H29N3O2/c1-21(2,3)27-20(26)25-13-15-4-6-22(12-15,18-10-16(18)14-25)17-5-8-24-9-7-23-19(24)11-17/h5,7-9,11,15-16,18H,4,6,10,12-14H2,1-3H3/t15?,16?,18?,22-/m1/s1. The fourth-order valence-electron chi connectivity index (χ4n) is 5.64. The number of ether oxygens (including phenoxy) is 1. The zero-order valence-electron chi connectivity index (χ0n) is 16.5. The lowest BCUT2D eigenvalue weighted by Gasteiger charge is -2.35. The van der Waals surface area contributed by atoms with Crippen LogP contribution in [0.1, 0.15) is 52.0 Å². The number of imidazole rings is 1. The number of carbonyl (C=O) groups excluding carboxylic acids is 1. The first-order chi connectivity index (χ1) is 12.8. The molecule has 3 unspecified atom stereocenters. The van der Waals surface area contributed by atoms with Crippen LogP contribution in [0, 0.1) is 17.8 Å². The molecule has 27 heavy (non-hydrogen) atoms. The second kappa shape index (κ2) is 5.73. The molecule has 2 aromatic rings. The maximum absolute atomic E-state index is 12.7. The zero-order chi connectivity index (χ0) is 18.8. The minimum absolute atomic E-state index is 0.133. The van der Waals surface area contributed by atoms with Crippen LogP contribution in [0.2, 0.25) is 0 Å². The molecule has 2 saturated carbocycles.